The van der Waals surface area contributed by atoms with Crippen molar-refractivity contribution in [2.45, 2.75) is 38.2 Å². The van der Waals surface area contributed by atoms with Gasteiger partial charge in [-0.3, -0.25) is 4.79 Å². The van der Waals surface area contributed by atoms with Crippen molar-refractivity contribution >= 4 is 11.8 Å². The second-order valence-corrected chi connectivity index (χ2v) is 10.1. The van der Waals surface area contributed by atoms with E-state index in [4.69, 9.17) is 18.9 Å². The Morgan fingerprint density at radius 3 is 2.27 bits per heavy atom. The number of allylic oxidation sites excluding steroid dienone is 3. The van der Waals surface area contributed by atoms with Crippen LogP contribution in [0, 0.1) is 0 Å². The lowest BCUT2D eigenvalue weighted by Gasteiger charge is -2.37. The molecule has 0 radical (unpaired) electrons. The van der Waals surface area contributed by atoms with E-state index in [9.17, 15) is 14.7 Å². The number of methoxy groups -OCH3 is 3. The number of benzene rings is 3. The van der Waals surface area contributed by atoms with Crippen molar-refractivity contribution in [3.8, 4) is 23.0 Å². The number of rotatable bonds is 8. The summed E-state index contributed by atoms with van der Waals surface area (Å²) < 4.78 is 22.0. The highest BCUT2D eigenvalue weighted by Gasteiger charge is 2.41. The number of phenols is 1. The molecule has 0 aromatic heterocycles. The van der Waals surface area contributed by atoms with Crippen LogP contribution in [0.15, 0.2) is 89.3 Å². The largest absolute Gasteiger partial charge is 0.504 e. The average Bonchev–Trinajstić information content (AvgIpc) is 2.99. The van der Waals surface area contributed by atoms with E-state index in [1.54, 1.807) is 26.4 Å². The third kappa shape index (κ3) is 5.50. The first-order chi connectivity index (χ1) is 19.8. The van der Waals surface area contributed by atoms with Crippen molar-refractivity contribution in [3.05, 3.63) is 106 Å². The number of carbonyl (C=O) groups excluding carboxylic acids is 2. The minimum absolute atomic E-state index is 0.0308. The molecule has 41 heavy (non-hydrogen) atoms. The van der Waals surface area contributed by atoms with Crippen molar-refractivity contribution < 1.29 is 33.6 Å². The van der Waals surface area contributed by atoms with E-state index in [2.05, 4.69) is 5.32 Å². The summed E-state index contributed by atoms with van der Waals surface area (Å²) in [4.78, 5) is 27.6. The molecule has 8 nitrogen and oxygen atoms in total. The van der Waals surface area contributed by atoms with Crippen LogP contribution in [0.4, 0.5) is 0 Å². The van der Waals surface area contributed by atoms with Crippen LogP contribution in [-0.2, 0) is 20.9 Å². The number of aromatic hydroxyl groups is 1. The molecule has 1 aliphatic carbocycles. The summed E-state index contributed by atoms with van der Waals surface area (Å²) in [6, 6.07) is 20.0. The Bertz CT molecular complexity index is 1540. The van der Waals surface area contributed by atoms with Crippen LogP contribution in [0.25, 0.3) is 0 Å². The molecular formula is C33H33NO7. The van der Waals surface area contributed by atoms with Gasteiger partial charge in [0.05, 0.1) is 26.9 Å². The predicted octanol–water partition coefficient (Wildman–Crippen LogP) is 5.52. The second kappa shape index (κ2) is 11.8. The Kier molecular flexibility index (Phi) is 8.01. The summed E-state index contributed by atoms with van der Waals surface area (Å²) in [5, 5.41) is 13.6. The summed E-state index contributed by atoms with van der Waals surface area (Å²) in [6.07, 6.45) is 0.819. The van der Waals surface area contributed by atoms with Gasteiger partial charge >= 0.3 is 5.97 Å². The highest BCUT2D eigenvalue weighted by Crippen LogP contribution is 2.47. The van der Waals surface area contributed by atoms with Crippen molar-refractivity contribution in [2.24, 2.45) is 0 Å². The molecule has 1 heterocycles. The third-order valence-electron chi connectivity index (χ3n) is 7.68. The minimum atomic E-state index is -0.692. The van der Waals surface area contributed by atoms with Gasteiger partial charge < -0.3 is 29.4 Å². The molecule has 0 saturated carbocycles. The lowest BCUT2D eigenvalue weighted by Crippen LogP contribution is -2.36. The van der Waals surface area contributed by atoms with Crippen molar-refractivity contribution in [1.29, 1.82) is 0 Å². The molecule has 3 aromatic rings. The highest BCUT2D eigenvalue weighted by atomic mass is 16.5. The number of hydrogen-bond acceptors (Lipinski definition) is 8. The fraction of sp³-hybridized carbons (Fsp3) is 0.273. The first kappa shape index (κ1) is 27.8. The molecule has 0 unspecified atom stereocenters. The maximum atomic E-state index is 13.9. The van der Waals surface area contributed by atoms with Crippen molar-refractivity contribution in [1.82, 2.24) is 5.32 Å². The van der Waals surface area contributed by atoms with Gasteiger partial charge in [-0.05, 0) is 60.2 Å². The van der Waals surface area contributed by atoms with Crippen LogP contribution < -0.4 is 19.5 Å². The van der Waals surface area contributed by atoms with Crippen molar-refractivity contribution in [2.75, 3.05) is 21.3 Å². The molecule has 2 aliphatic rings. The topological polar surface area (TPSA) is 103 Å². The monoisotopic (exact) mass is 555 g/mol. The lowest BCUT2D eigenvalue weighted by molar-refractivity contribution is -0.140. The maximum absolute atomic E-state index is 13.9. The van der Waals surface area contributed by atoms with Gasteiger partial charge in [0.1, 0.15) is 6.61 Å². The number of ether oxygens (including phenoxy) is 4. The zero-order valence-corrected chi connectivity index (χ0v) is 23.5. The van der Waals surface area contributed by atoms with Crippen LogP contribution in [0.2, 0.25) is 0 Å². The van der Waals surface area contributed by atoms with Gasteiger partial charge in [-0.1, -0.05) is 42.5 Å². The number of esters is 1. The molecule has 3 aromatic carbocycles. The van der Waals surface area contributed by atoms with E-state index < -0.39 is 11.9 Å². The van der Waals surface area contributed by atoms with E-state index in [0.717, 1.165) is 16.8 Å². The lowest BCUT2D eigenvalue weighted by atomic mass is 9.71. The number of phenolic OH excluding ortho intramolecular Hbond substituents is 1. The SMILES string of the molecule is COc1cc([C@@H]2C(C(=O)OCc3ccccc3)=C(C)NC3=C2C(=O)C[C@H](c2ccc(OC)c(OC)c2)C3)ccc1O. The third-order valence-corrected chi connectivity index (χ3v) is 7.68. The smallest absolute Gasteiger partial charge is 0.337 e. The van der Waals surface area contributed by atoms with Gasteiger partial charge in [0.2, 0.25) is 0 Å². The van der Waals surface area contributed by atoms with Crippen LogP contribution in [0.5, 0.6) is 23.0 Å². The number of nitrogens with one attached hydrogen (secondary N) is 1. The van der Waals surface area contributed by atoms with Crippen LogP contribution >= 0.6 is 0 Å². The van der Waals surface area contributed by atoms with Crippen LogP contribution in [0.3, 0.4) is 0 Å². The molecule has 0 fully saturated rings. The standard InChI is InChI=1S/C33H33NO7/c1-19-30(33(37)41-18-20-8-6-5-7-9-20)31(22-10-12-25(35)28(17-22)39-3)32-24(34-19)14-23(15-26(32)36)21-11-13-27(38-2)29(16-21)40-4/h5-13,16-17,23,31,34-35H,14-15,18H2,1-4H3/t23-,31-/m1/s1. The molecule has 0 amide bonds. The van der Waals surface area contributed by atoms with Gasteiger partial charge in [-0.15, -0.1) is 0 Å². The molecule has 8 heteroatoms. The van der Waals surface area contributed by atoms with E-state index in [1.807, 2.05) is 55.5 Å². The Labute approximate surface area is 239 Å². The van der Waals surface area contributed by atoms with Crippen molar-refractivity contribution in [3.63, 3.8) is 0 Å². The Morgan fingerprint density at radius 1 is 0.878 bits per heavy atom. The van der Waals surface area contributed by atoms with Gasteiger partial charge in [0.25, 0.3) is 0 Å². The Morgan fingerprint density at radius 2 is 1.56 bits per heavy atom. The normalized spacial score (nSPS) is 18.4. The summed E-state index contributed by atoms with van der Waals surface area (Å²) in [7, 11) is 4.63. The molecule has 212 valence electrons. The number of carbonyl (C=O) groups is 2. The fourth-order valence-electron chi connectivity index (χ4n) is 5.66. The fourth-order valence-corrected chi connectivity index (χ4v) is 5.66. The van der Waals surface area contributed by atoms with Gasteiger partial charge in [-0.2, -0.15) is 0 Å². The highest BCUT2D eigenvalue weighted by molar-refractivity contribution is 6.04. The van der Waals surface area contributed by atoms with Crippen LogP contribution in [-0.4, -0.2) is 38.2 Å². The summed E-state index contributed by atoms with van der Waals surface area (Å²) >= 11 is 0. The Balaban J connectivity index is 1.54. The first-order valence-corrected chi connectivity index (χ1v) is 13.4. The minimum Gasteiger partial charge on any atom is -0.504 e. The van der Waals surface area contributed by atoms with E-state index in [1.165, 1.54) is 13.2 Å². The van der Waals surface area contributed by atoms with Gasteiger partial charge in [0.15, 0.2) is 28.8 Å². The molecule has 2 atom stereocenters. The Hall–Kier alpha value is -4.72. The van der Waals surface area contributed by atoms with Crippen LogP contribution in [0.1, 0.15) is 48.3 Å². The summed E-state index contributed by atoms with van der Waals surface area (Å²) in [6.45, 7) is 1.92. The van der Waals surface area contributed by atoms with E-state index in [0.29, 0.717) is 40.3 Å². The predicted molar refractivity (Wildman–Crippen MR) is 153 cm³/mol. The summed E-state index contributed by atoms with van der Waals surface area (Å²) in [5.74, 6) is 0.0656. The number of hydrogen-bond donors (Lipinski definition) is 2. The zero-order valence-electron chi connectivity index (χ0n) is 23.5. The molecular weight excluding hydrogens is 522 g/mol. The van der Waals surface area contributed by atoms with E-state index >= 15 is 0 Å². The number of Topliss-reactive ketones (excluding diaryl/α,β-unsaturated/α-hetero) is 1. The number of ketones is 1. The van der Waals surface area contributed by atoms with Gasteiger partial charge in [0, 0.05) is 29.3 Å². The summed E-state index contributed by atoms with van der Waals surface area (Å²) in [5.41, 5.74) is 4.71. The molecule has 2 N–H and O–H groups in total. The molecule has 0 saturated heterocycles. The average molecular weight is 556 g/mol. The second-order valence-electron chi connectivity index (χ2n) is 10.1. The number of dihydropyridines is 1. The maximum Gasteiger partial charge on any atom is 0.337 e. The molecule has 0 bridgehead atoms. The molecule has 1 aliphatic heterocycles. The van der Waals surface area contributed by atoms with Gasteiger partial charge in [-0.25, -0.2) is 4.79 Å². The van der Waals surface area contributed by atoms with E-state index in [-0.39, 0.29) is 36.2 Å². The molecule has 5 rings (SSSR count). The zero-order chi connectivity index (χ0) is 29.1. The quantitative estimate of drug-likeness (QED) is 0.350. The first-order valence-electron chi connectivity index (χ1n) is 13.4. The molecule has 0 spiro atoms.